The number of hydrogen-bond donors (Lipinski definition) is 1. The first-order valence-electron chi connectivity index (χ1n) is 6.60. The lowest BCUT2D eigenvalue weighted by atomic mass is 10.0. The summed E-state index contributed by atoms with van der Waals surface area (Å²) < 4.78 is 6.91. The number of ketones is 1. The van der Waals surface area contributed by atoms with Crippen LogP contribution in [0.25, 0.3) is 0 Å². The second-order valence-electron chi connectivity index (χ2n) is 4.60. The molecule has 2 N–H and O–H groups in total. The SMILES string of the molecule is CCCn1nc(C)c(C(=O)c2ccccc2OC)c1N. The maximum Gasteiger partial charge on any atom is 0.202 e. The van der Waals surface area contributed by atoms with Gasteiger partial charge < -0.3 is 10.5 Å². The highest BCUT2D eigenvalue weighted by Gasteiger charge is 2.22. The van der Waals surface area contributed by atoms with Crippen molar-refractivity contribution in [3.05, 3.63) is 41.1 Å². The van der Waals surface area contributed by atoms with Crippen LogP contribution in [0.3, 0.4) is 0 Å². The number of nitrogens with two attached hydrogens (primary N) is 1. The molecule has 1 aromatic carbocycles. The van der Waals surface area contributed by atoms with Gasteiger partial charge in [0, 0.05) is 6.54 Å². The summed E-state index contributed by atoms with van der Waals surface area (Å²) in [5, 5.41) is 4.33. The van der Waals surface area contributed by atoms with Crippen molar-refractivity contribution >= 4 is 11.6 Å². The normalized spacial score (nSPS) is 10.6. The van der Waals surface area contributed by atoms with E-state index in [-0.39, 0.29) is 5.78 Å². The van der Waals surface area contributed by atoms with Crippen LogP contribution in [-0.2, 0) is 6.54 Å². The van der Waals surface area contributed by atoms with E-state index in [4.69, 9.17) is 10.5 Å². The second kappa shape index (κ2) is 5.77. The molecule has 20 heavy (non-hydrogen) atoms. The van der Waals surface area contributed by atoms with Crippen molar-refractivity contribution in [2.45, 2.75) is 26.8 Å². The van der Waals surface area contributed by atoms with Gasteiger partial charge in [0.05, 0.1) is 23.9 Å². The number of aryl methyl sites for hydroxylation is 2. The molecule has 0 amide bonds. The van der Waals surface area contributed by atoms with Gasteiger partial charge in [-0.15, -0.1) is 0 Å². The van der Waals surface area contributed by atoms with E-state index in [0.717, 1.165) is 6.42 Å². The van der Waals surface area contributed by atoms with E-state index in [1.807, 2.05) is 13.0 Å². The number of carbonyl (C=O) groups excluding carboxylic acids is 1. The Hall–Kier alpha value is -2.30. The summed E-state index contributed by atoms with van der Waals surface area (Å²) in [6.45, 7) is 4.54. The fourth-order valence-corrected chi connectivity index (χ4v) is 2.23. The summed E-state index contributed by atoms with van der Waals surface area (Å²) in [5.74, 6) is 0.805. The molecule has 0 fully saturated rings. The lowest BCUT2D eigenvalue weighted by Gasteiger charge is -2.07. The molecule has 0 radical (unpaired) electrons. The standard InChI is InChI=1S/C15H19N3O2/c1-4-9-18-15(16)13(10(2)17-18)14(19)11-7-5-6-8-12(11)20-3/h5-8H,4,9,16H2,1-3H3. The fraction of sp³-hybridized carbons (Fsp3) is 0.333. The second-order valence-corrected chi connectivity index (χ2v) is 4.60. The molecule has 0 spiro atoms. The number of methoxy groups -OCH3 is 1. The van der Waals surface area contributed by atoms with Crippen LogP contribution in [0.2, 0.25) is 0 Å². The molecular formula is C15H19N3O2. The van der Waals surface area contributed by atoms with Crippen molar-refractivity contribution in [2.24, 2.45) is 0 Å². The van der Waals surface area contributed by atoms with Crippen LogP contribution in [0.5, 0.6) is 5.75 Å². The van der Waals surface area contributed by atoms with Gasteiger partial charge in [-0.3, -0.25) is 4.79 Å². The number of aromatic nitrogens is 2. The largest absolute Gasteiger partial charge is 0.496 e. The number of nitrogens with zero attached hydrogens (tertiary/aromatic N) is 2. The Bertz CT molecular complexity index is 632. The first-order valence-corrected chi connectivity index (χ1v) is 6.60. The number of anilines is 1. The van der Waals surface area contributed by atoms with Gasteiger partial charge in [-0.1, -0.05) is 19.1 Å². The highest BCUT2D eigenvalue weighted by atomic mass is 16.5. The van der Waals surface area contributed by atoms with Crippen molar-refractivity contribution in [3.8, 4) is 5.75 Å². The predicted molar refractivity (Wildman–Crippen MR) is 78.1 cm³/mol. The van der Waals surface area contributed by atoms with Gasteiger partial charge in [0.25, 0.3) is 0 Å². The minimum Gasteiger partial charge on any atom is -0.496 e. The molecule has 1 heterocycles. The van der Waals surface area contributed by atoms with Crippen LogP contribution in [-0.4, -0.2) is 22.7 Å². The van der Waals surface area contributed by atoms with Crippen molar-refractivity contribution < 1.29 is 9.53 Å². The molecule has 106 valence electrons. The van der Waals surface area contributed by atoms with Crippen molar-refractivity contribution in [2.75, 3.05) is 12.8 Å². The van der Waals surface area contributed by atoms with E-state index < -0.39 is 0 Å². The molecule has 0 bridgehead atoms. The Labute approximate surface area is 118 Å². The zero-order valence-corrected chi connectivity index (χ0v) is 12.0. The van der Waals surface area contributed by atoms with Crippen LogP contribution < -0.4 is 10.5 Å². The van der Waals surface area contributed by atoms with Gasteiger partial charge in [0.2, 0.25) is 5.78 Å². The van der Waals surface area contributed by atoms with Crippen LogP contribution in [0.4, 0.5) is 5.82 Å². The Balaban J connectivity index is 2.48. The number of rotatable bonds is 5. The summed E-state index contributed by atoms with van der Waals surface area (Å²) in [5.41, 5.74) is 7.67. The third-order valence-electron chi connectivity index (χ3n) is 3.18. The monoisotopic (exact) mass is 273 g/mol. The number of carbonyl (C=O) groups is 1. The molecule has 2 aromatic rings. The van der Waals surface area contributed by atoms with Crippen LogP contribution >= 0.6 is 0 Å². The quantitative estimate of drug-likeness (QED) is 0.849. The molecule has 5 heteroatoms. The van der Waals surface area contributed by atoms with Crippen molar-refractivity contribution in [1.29, 1.82) is 0 Å². The van der Waals surface area contributed by atoms with Crippen molar-refractivity contribution in [3.63, 3.8) is 0 Å². The molecule has 0 unspecified atom stereocenters. The van der Waals surface area contributed by atoms with E-state index >= 15 is 0 Å². The minimum absolute atomic E-state index is 0.153. The molecule has 5 nitrogen and oxygen atoms in total. The van der Waals surface area contributed by atoms with E-state index in [1.54, 1.807) is 36.9 Å². The maximum atomic E-state index is 12.7. The van der Waals surface area contributed by atoms with Gasteiger partial charge in [-0.25, -0.2) is 4.68 Å². The molecule has 1 aromatic heterocycles. The summed E-state index contributed by atoms with van der Waals surface area (Å²) in [6.07, 6.45) is 0.910. The summed E-state index contributed by atoms with van der Waals surface area (Å²) >= 11 is 0. The molecule has 0 aliphatic heterocycles. The lowest BCUT2D eigenvalue weighted by molar-refractivity contribution is 0.103. The maximum absolute atomic E-state index is 12.7. The Morgan fingerprint density at radius 1 is 1.40 bits per heavy atom. The first-order chi connectivity index (χ1) is 9.60. The van der Waals surface area contributed by atoms with Crippen LogP contribution in [0.1, 0.15) is 35.0 Å². The zero-order chi connectivity index (χ0) is 14.7. The highest BCUT2D eigenvalue weighted by Crippen LogP contribution is 2.26. The summed E-state index contributed by atoms with van der Waals surface area (Å²) in [6, 6.07) is 7.12. The van der Waals surface area contributed by atoms with Gasteiger partial charge >= 0.3 is 0 Å². The molecule has 0 saturated carbocycles. The van der Waals surface area contributed by atoms with Crippen molar-refractivity contribution in [1.82, 2.24) is 9.78 Å². The number of nitrogen functional groups attached to an aromatic ring is 1. The fourth-order valence-electron chi connectivity index (χ4n) is 2.23. The third-order valence-corrected chi connectivity index (χ3v) is 3.18. The summed E-state index contributed by atoms with van der Waals surface area (Å²) in [7, 11) is 1.54. The Kier molecular flexibility index (Phi) is 4.08. The third kappa shape index (κ3) is 2.39. The number of benzene rings is 1. The predicted octanol–water partition coefficient (Wildman–Crippen LogP) is 2.42. The van der Waals surface area contributed by atoms with Crippen LogP contribution in [0.15, 0.2) is 24.3 Å². The summed E-state index contributed by atoms with van der Waals surface area (Å²) in [4.78, 5) is 12.7. The molecule has 0 saturated heterocycles. The molecule has 0 atom stereocenters. The number of para-hydroxylation sites is 1. The minimum atomic E-state index is -0.153. The number of hydrogen-bond acceptors (Lipinski definition) is 4. The van der Waals surface area contributed by atoms with Gasteiger partial charge in [-0.2, -0.15) is 5.10 Å². The topological polar surface area (TPSA) is 70.1 Å². The van der Waals surface area contributed by atoms with Crippen LogP contribution in [0, 0.1) is 6.92 Å². The van der Waals surface area contributed by atoms with E-state index in [0.29, 0.717) is 34.9 Å². The van der Waals surface area contributed by atoms with E-state index in [1.165, 1.54) is 0 Å². The average Bonchev–Trinajstić information content (AvgIpc) is 2.73. The van der Waals surface area contributed by atoms with Gasteiger partial charge in [0.15, 0.2) is 0 Å². The molecular weight excluding hydrogens is 254 g/mol. The zero-order valence-electron chi connectivity index (χ0n) is 12.0. The average molecular weight is 273 g/mol. The Morgan fingerprint density at radius 2 is 2.10 bits per heavy atom. The smallest absolute Gasteiger partial charge is 0.202 e. The number of ether oxygens (including phenoxy) is 1. The lowest BCUT2D eigenvalue weighted by Crippen LogP contribution is -2.09. The highest BCUT2D eigenvalue weighted by molar-refractivity contribution is 6.14. The van der Waals surface area contributed by atoms with Gasteiger partial charge in [0.1, 0.15) is 11.6 Å². The molecule has 0 aliphatic rings. The van der Waals surface area contributed by atoms with E-state index in [2.05, 4.69) is 5.10 Å². The Morgan fingerprint density at radius 3 is 2.75 bits per heavy atom. The molecule has 2 rings (SSSR count). The first kappa shape index (κ1) is 14.1. The van der Waals surface area contributed by atoms with Gasteiger partial charge in [-0.05, 0) is 25.5 Å². The van der Waals surface area contributed by atoms with E-state index in [9.17, 15) is 4.79 Å². The molecule has 0 aliphatic carbocycles.